The van der Waals surface area contributed by atoms with Crippen molar-refractivity contribution in [3.05, 3.63) is 35.9 Å². The second-order valence-corrected chi connectivity index (χ2v) is 4.98. The summed E-state index contributed by atoms with van der Waals surface area (Å²) in [6, 6.07) is 9.15. The highest BCUT2D eigenvalue weighted by molar-refractivity contribution is 5.84. The van der Waals surface area contributed by atoms with E-state index >= 15 is 0 Å². The Morgan fingerprint density at radius 2 is 1.78 bits per heavy atom. The number of carbonyl (C=O) groups excluding carboxylic acids is 1. The van der Waals surface area contributed by atoms with E-state index in [0.717, 1.165) is 24.8 Å². The molecule has 1 aliphatic carbocycles. The first kappa shape index (κ1) is 13.1. The lowest BCUT2D eigenvalue weighted by molar-refractivity contribution is -0.139. The molecule has 1 aromatic rings. The van der Waals surface area contributed by atoms with Crippen LogP contribution in [0.2, 0.25) is 0 Å². The number of amides is 1. The quantitative estimate of drug-likeness (QED) is 0.566. The zero-order valence-corrected chi connectivity index (χ0v) is 10.3. The number of hydroxylamine groups is 1. The van der Waals surface area contributed by atoms with Crippen molar-refractivity contribution < 1.29 is 15.1 Å². The van der Waals surface area contributed by atoms with Crippen molar-refractivity contribution in [3.8, 4) is 0 Å². The Bertz CT molecular complexity index is 399. The van der Waals surface area contributed by atoms with Crippen LogP contribution in [0.1, 0.15) is 43.6 Å². The lowest BCUT2D eigenvalue weighted by Crippen LogP contribution is -2.45. The van der Waals surface area contributed by atoms with Gasteiger partial charge in [-0.25, -0.2) is 5.48 Å². The Kier molecular flexibility index (Phi) is 3.99. The predicted octanol–water partition coefficient (Wildman–Crippen LogP) is 1.97. The predicted molar refractivity (Wildman–Crippen MR) is 67.1 cm³/mol. The highest BCUT2D eigenvalue weighted by atomic mass is 16.5. The van der Waals surface area contributed by atoms with Crippen LogP contribution in [-0.4, -0.2) is 21.8 Å². The van der Waals surface area contributed by atoms with Gasteiger partial charge in [0.05, 0.1) is 11.5 Å². The van der Waals surface area contributed by atoms with Crippen molar-refractivity contribution in [1.29, 1.82) is 0 Å². The summed E-state index contributed by atoms with van der Waals surface area (Å²) in [4.78, 5) is 11.9. The lowest BCUT2D eigenvalue weighted by Gasteiger charge is -2.38. The SMILES string of the molecule is O=C(NO)C(c1ccccc1)C1(O)CCCCC1. The Balaban J connectivity index is 2.33. The molecule has 0 aromatic heterocycles. The minimum absolute atomic E-state index is 0.536. The monoisotopic (exact) mass is 249 g/mol. The summed E-state index contributed by atoms with van der Waals surface area (Å²) in [5.41, 5.74) is 1.38. The summed E-state index contributed by atoms with van der Waals surface area (Å²) in [6.45, 7) is 0. The molecule has 0 heterocycles. The van der Waals surface area contributed by atoms with Crippen LogP contribution in [0, 0.1) is 0 Å². The molecule has 18 heavy (non-hydrogen) atoms. The Morgan fingerprint density at radius 3 is 2.33 bits per heavy atom. The van der Waals surface area contributed by atoms with Crippen LogP contribution < -0.4 is 5.48 Å². The van der Waals surface area contributed by atoms with Crippen molar-refractivity contribution in [2.45, 2.75) is 43.6 Å². The average Bonchev–Trinajstić information content (AvgIpc) is 2.40. The third kappa shape index (κ3) is 2.54. The fourth-order valence-corrected chi connectivity index (χ4v) is 2.87. The summed E-state index contributed by atoms with van der Waals surface area (Å²) < 4.78 is 0. The summed E-state index contributed by atoms with van der Waals surface area (Å²) in [7, 11) is 0. The van der Waals surface area contributed by atoms with E-state index in [1.807, 2.05) is 30.3 Å². The molecule has 1 aromatic carbocycles. The lowest BCUT2D eigenvalue weighted by atomic mass is 9.72. The van der Waals surface area contributed by atoms with E-state index in [9.17, 15) is 9.90 Å². The van der Waals surface area contributed by atoms with Gasteiger partial charge in [0.15, 0.2) is 0 Å². The molecule has 0 radical (unpaired) electrons. The van der Waals surface area contributed by atoms with Crippen molar-refractivity contribution in [2.75, 3.05) is 0 Å². The summed E-state index contributed by atoms with van der Waals surface area (Å²) in [5.74, 6) is -1.24. The summed E-state index contributed by atoms with van der Waals surface area (Å²) in [6.07, 6.45) is 4.11. The number of carbonyl (C=O) groups is 1. The van der Waals surface area contributed by atoms with Gasteiger partial charge in [-0.1, -0.05) is 49.6 Å². The molecule has 1 fully saturated rings. The van der Waals surface area contributed by atoms with Gasteiger partial charge in [-0.05, 0) is 18.4 Å². The van der Waals surface area contributed by atoms with Gasteiger partial charge in [0.1, 0.15) is 0 Å². The molecule has 4 heteroatoms. The Hall–Kier alpha value is -1.39. The largest absolute Gasteiger partial charge is 0.389 e. The first-order valence-electron chi connectivity index (χ1n) is 6.39. The Morgan fingerprint density at radius 1 is 1.17 bits per heavy atom. The van der Waals surface area contributed by atoms with Crippen LogP contribution in [0.4, 0.5) is 0 Å². The van der Waals surface area contributed by atoms with Gasteiger partial charge in [0, 0.05) is 0 Å². The number of rotatable bonds is 3. The van der Waals surface area contributed by atoms with Crippen molar-refractivity contribution >= 4 is 5.91 Å². The zero-order valence-electron chi connectivity index (χ0n) is 10.3. The van der Waals surface area contributed by atoms with Gasteiger partial charge in [0.2, 0.25) is 0 Å². The third-order valence-electron chi connectivity index (χ3n) is 3.76. The van der Waals surface area contributed by atoms with Crippen molar-refractivity contribution in [1.82, 2.24) is 5.48 Å². The van der Waals surface area contributed by atoms with Gasteiger partial charge in [-0.15, -0.1) is 0 Å². The molecule has 1 saturated carbocycles. The second kappa shape index (κ2) is 5.50. The van der Waals surface area contributed by atoms with Crippen LogP contribution in [-0.2, 0) is 4.79 Å². The highest BCUT2D eigenvalue weighted by Crippen LogP contribution is 2.39. The molecule has 0 bridgehead atoms. The molecule has 3 N–H and O–H groups in total. The number of nitrogens with one attached hydrogen (secondary N) is 1. The maximum atomic E-state index is 11.9. The fourth-order valence-electron chi connectivity index (χ4n) is 2.87. The topological polar surface area (TPSA) is 69.6 Å². The summed E-state index contributed by atoms with van der Waals surface area (Å²) in [5, 5.41) is 19.6. The van der Waals surface area contributed by atoms with E-state index in [2.05, 4.69) is 0 Å². The Labute approximate surface area is 107 Å². The molecular formula is C14H19NO3. The minimum atomic E-state index is -1.05. The normalized spacial score (nSPS) is 20.1. The summed E-state index contributed by atoms with van der Waals surface area (Å²) >= 11 is 0. The first-order valence-corrected chi connectivity index (χ1v) is 6.39. The average molecular weight is 249 g/mol. The van der Waals surface area contributed by atoms with Crippen LogP contribution in [0.25, 0.3) is 0 Å². The van der Waals surface area contributed by atoms with Gasteiger partial charge in [-0.2, -0.15) is 0 Å². The number of hydrogen-bond donors (Lipinski definition) is 3. The smallest absolute Gasteiger partial charge is 0.253 e. The molecule has 1 unspecified atom stereocenters. The van der Waals surface area contributed by atoms with Gasteiger partial charge < -0.3 is 5.11 Å². The number of aliphatic hydroxyl groups is 1. The first-order chi connectivity index (χ1) is 8.67. The molecule has 0 saturated heterocycles. The van der Waals surface area contributed by atoms with Crippen LogP contribution >= 0.6 is 0 Å². The van der Waals surface area contributed by atoms with Gasteiger partial charge in [-0.3, -0.25) is 10.0 Å². The molecule has 1 amide bonds. The standard InChI is InChI=1S/C14H19NO3/c16-13(15-18)12(11-7-3-1-4-8-11)14(17)9-5-2-6-10-14/h1,3-4,7-8,12,17-18H,2,5-6,9-10H2,(H,15,16). The molecular weight excluding hydrogens is 230 g/mol. The van der Waals surface area contributed by atoms with Crippen molar-refractivity contribution in [2.24, 2.45) is 0 Å². The maximum Gasteiger partial charge on any atom is 0.253 e. The van der Waals surface area contributed by atoms with Gasteiger partial charge >= 0.3 is 0 Å². The fraction of sp³-hybridized carbons (Fsp3) is 0.500. The van der Waals surface area contributed by atoms with Crippen LogP contribution in [0.5, 0.6) is 0 Å². The van der Waals surface area contributed by atoms with E-state index in [-0.39, 0.29) is 0 Å². The molecule has 0 aliphatic heterocycles. The highest BCUT2D eigenvalue weighted by Gasteiger charge is 2.42. The molecule has 1 atom stereocenters. The van der Waals surface area contributed by atoms with Crippen molar-refractivity contribution in [3.63, 3.8) is 0 Å². The zero-order chi connectivity index (χ0) is 13.0. The molecule has 2 rings (SSSR count). The molecule has 4 nitrogen and oxygen atoms in total. The van der Waals surface area contributed by atoms with E-state index in [1.165, 1.54) is 0 Å². The maximum absolute atomic E-state index is 11.9. The second-order valence-electron chi connectivity index (χ2n) is 4.98. The minimum Gasteiger partial charge on any atom is -0.389 e. The van der Waals surface area contributed by atoms with Gasteiger partial charge in [0.25, 0.3) is 5.91 Å². The van der Waals surface area contributed by atoms with E-state index < -0.39 is 17.4 Å². The van der Waals surface area contributed by atoms with Crippen LogP contribution in [0.15, 0.2) is 30.3 Å². The van der Waals surface area contributed by atoms with E-state index in [1.54, 1.807) is 5.48 Å². The number of hydrogen-bond acceptors (Lipinski definition) is 3. The molecule has 0 spiro atoms. The van der Waals surface area contributed by atoms with Crippen LogP contribution in [0.3, 0.4) is 0 Å². The van der Waals surface area contributed by atoms with E-state index in [0.29, 0.717) is 12.8 Å². The molecule has 98 valence electrons. The third-order valence-corrected chi connectivity index (χ3v) is 3.76. The van der Waals surface area contributed by atoms with E-state index in [4.69, 9.17) is 5.21 Å². The molecule has 1 aliphatic rings. The number of benzene rings is 1.